The number of rotatable bonds is 5. The van der Waals surface area contributed by atoms with Crippen LogP contribution < -0.4 is 10.2 Å². The van der Waals surface area contributed by atoms with E-state index in [0.717, 1.165) is 25.5 Å². The smallest absolute Gasteiger partial charge is 0.131 e. The summed E-state index contributed by atoms with van der Waals surface area (Å²) >= 11 is 0. The molecule has 3 nitrogen and oxygen atoms in total. The number of nitrogens with one attached hydrogen (secondary N) is 1. The largest absolute Gasteiger partial charge is 0.357 e. The first kappa shape index (κ1) is 12.0. The molecule has 1 aromatic heterocycles. The van der Waals surface area contributed by atoms with Crippen molar-refractivity contribution in [3.63, 3.8) is 0 Å². The highest BCUT2D eigenvalue weighted by molar-refractivity contribution is 5.47. The lowest BCUT2D eigenvalue weighted by Gasteiger charge is -2.22. The second-order valence-corrected chi connectivity index (χ2v) is 3.69. The summed E-state index contributed by atoms with van der Waals surface area (Å²) in [5, 5.41) is 3.13. The summed E-state index contributed by atoms with van der Waals surface area (Å²) < 4.78 is 0. The summed E-state index contributed by atoms with van der Waals surface area (Å²) in [5.74, 6) is 1.11. The van der Waals surface area contributed by atoms with Crippen LogP contribution in [0.15, 0.2) is 12.3 Å². The minimum Gasteiger partial charge on any atom is -0.357 e. The third-order valence-corrected chi connectivity index (χ3v) is 2.55. The van der Waals surface area contributed by atoms with Gasteiger partial charge in [-0.1, -0.05) is 0 Å². The molecule has 0 aromatic carbocycles. The van der Waals surface area contributed by atoms with Gasteiger partial charge >= 0.3 is 0 Å². The molecule has 0 fully saturated rings. The zero-order valence-corrected chi connectivity index (χ0v) is 10.2. The minimum absolute atomic E-state index is 0.881. The molecule has 0 saturated heterocycles. The molecule has 1 rings (SSSR count). The average Bonchev–Trinajstić information content (AvgIpc) is 2.23. The first-order valence-electron chi connectivity index (χ1n) is 5.58. The number of aryl methyl sites for hydroxylation is 1. The molecule has 0 bridgehead atoms. The van der Waals surface area contributed by atoms with Crippen LogP contribution in [0.1, 0.15) is 25.0 Å². The van der Waals surface area contributed by atoms with Gasteiger partial charge in [0.05, 0.1) is 0 Å². The number of nitrogens with zero attached hydrogens (tertiary/aromatic N) is 2. The summed E-state index contributed by atoms with van der Waals surface area (Å²) in [6.07, 6.45) is 1.96. The SMILES string of the molecule is CCN(CC)c1ncc(CNC)cc1C. The van der Waals surface area contributed by atoms with E-state index in [1.165, 1.54) is 11.1 Å². The van der Waals surface area contributed by atoms with Crippen molar-refractivity contribution in [2.24, 2.45) is 0 Å². The Labute approximate surface area is 92.5 Å². The topological polar surface area (TPSA) is 28.2 Å². The molecule has 1 aromatic rings. The Morgan fingerprint density at radius 3 is 2.47 bits per heavy atom. The lowest BCUT2D eigenvalue weighted by molar-refractivity contribution is 0.802. The highest BCUT2D eigenvalue weighted by Gasteiger charge is 2.07. The molecule has 0 atom stereocenters. The van der Waals surface area contributed by atoms with E-state index in [0.29, 0.717) is 0 Å². The van der Waals surface area contributed by atoms with Crippen LogP contribution in [0.25, 0.3) is 0 Å². The quantitative estimate of drug-likeness (QED) is 0.800. The summed E-state index contributed by atoms with van der Waals surface area (Å²) in [6, 6.07) is 2.21. The van der Waals surface area contributed by atoms with Gasteiger partial charge in [0.15, 0.2) is 0 Å². The van der Waals surface area contributed by atoms with Gasteiger partial charge in [0.25, 0.3) is 0 Å². The highest BCUT2D eigenvalue weighted by atomic mass is 15.2. The molecule has 1 heterocycles. The van der Waals surface area contributed by atoms with Crippen LogP contribution in [-0.2, 0) is 6.54 Å². The number of hydrogen-bond acceptors (Lipinski definition) is 3. The number of hydrogen-bond donors (Lipinski definition) is 1. The van der Waals surface area contributed by atoms with Crippen molar-refractivity contribution in [3.8, 4) is 0 Å². The number of anilines is 1. The maximum Gasteiger partial charge on any atom is 0.131 e. The van der Waals surface area contributed by atoms with E-state index in [9.17, 15) is 0 Å². The maximum atomic E-state index is 4.52. The zero-order valence-electron chi connectivity index (χ0n) is 10.2. The second kappa shape index (κ2) is 5.71. The maximum absolute atomic E-state index is 4.52. The highest BCUT2D eigenvalue weighted by Crippen LogP contribution is 2.17. The lowest BCUT2D eigenvalue weighted by Crippen LogP contribution is -2.24. The molecular weight excluding hydrogens is 186 g/mol. The molecule has 3 heteroatoms. The van der Waals surface area contributed by atoms with Crippen LogP contribution >= 0.6 is 0 Å². The zero-order chi connectivity index (χ0) is 11.3. The van der Waals surface area contributed by atoms with Gasteiger partial charge in [0.2, 0.25) is 0 Å². The van der Waals surface area contributed by atoms with Gasteiger partial charge in [-0.25, -0.2) is 4.98 Å². The van der Waals surface area contributed by atoms with E-state index < -0.39 is 0 Å². The van der Waals surface area contributed by atoms with Crippen molar-refractivity contribution in [2.75, 3.05) is 25.0 Å². The van der Waals surface area contributed by atoms with Crippen molar-refractivity contribution < 1.29 is 0 Å². The van der Waals surface area contributed by atoms with Gasteiger partial charge in [0, 0.05) is 25.8 Å². The van der Waals surface area contributed by atoms with Gasteiger partial charge < -0.3 is 10.2 Å². The van der Waals surface area contributed by atoms with Crippen LogP contribution in [0.3, 0.4) is 0 Å². The Hall–Kier alpha value is -1.09. The van der Waals surface area contributed by atoms with Crippen LogP contribution in [0.5, 0.6) is 0 Å². The van der Waals surface area contributed by atoms with Crippen LogP contribution in [0.2, 0.25) is 0 Å². The van der Waals surface area contributed by atoms with Gasteiger partial charge in [-0.2, -0.15) is 0 Å². The fraction of sp³-hybridized carbons (Fsp3) is 0.583. The predicted octanol–water partition coefficient (Wildman–Crippen LogP) is 1.96. The van der Waals surface area contributed by atoms with Crippen molar-refractivity contribution >= 4 is 5.82 Å². The summed E-state index contributed by atoms with van der Waals surface area (Å²) in [5.41, 5.74) is 2.50. The Kier molecular flexibility index (Phi) is 4.56. The summed E-state index contributed by atoms with van der Waals surface area (Å²) in [4.78, 5) is 6.80. The Bertz CT molecular complexity index is 306. The molecule has 1 N–H and O–H groups in total. The van der Waals surface area contributed by atoms with Crippen molar-refractivity contribution in [3.05, 3.63) is 23.4 Å². The molecular formula is C12H21N3. The van der Waals surface area contributed by atoms with Crippen LogP contribution in [0, 0.1) is 6.92 Å². The van der Waals surface area contributed by atoms with Gasteiger partial charge in [0.1, 0.15) is 5.82 Å². The van der Waals surface area contributed by atoms with E-state index in [4.69, 9.17) is 0 Å². The molecule has 0 unspecified atom stereocenters. The third kappa shape index (κ3) is 2.93. The first-order chi connectivity index (χ1) is 7.22. The van der Waals surface area contributed by atoms with Gasteiger partial charge in [-0.3, -0.25) is 0 Å². The molecule has 0 spiro atoms. The molecule has 0 aliphatic carbocycles. The first-order valence-corrected chi connectivity index (χ1v) is 5.58. The summed E-state index contributed by atoms with van der Waals surface area (Å²) in [6.45, 7) is 9.34. The molecule has 0 radical (unpaired) electrons. The molecule has 15 heavy (non-hydrogen) atoms. The number of aromatic nitrogens is 1. The Morgan fingerprint density at radius 2 is 2.00 bits per heavy atom. The van der Waals surface area contributed by atoms with Crippen LogP contribution in [-0.4, -0.2) is 25.1 Å². The van der Waals surface area contributed by atoms with Gasteiger partial charge in [-0.15, -0.1) is 0 Å². The van der Waals surface area contributed by atoms with E-state index in [-0.39, 0.29) is 0 Å². The van der Waals surface area contributed by atoms with E-state index >= 15 is 0 Å². The fourth-order valence-corrected chi connectivity index (χ4v) is 1.78. The van der Waals surface area contributed by atoms with E-state index in [1.54, 1.807) is 0 Å². The molecule has 0 saturated carbocycles. The van der Waals surface area contributed by atoms with Crippen molar-refractivity contribution in [1.82, 2.24) is 10.3 Å². The summed E-state index contributed by atoms with van der Waals surface area (Å²) in [7, 11) is 1.95. The molecule has 0 amide bonds. The normalized spacial score (nSPS) is 10.4. The minimum atomic E-state index is 0.881. The van der Waals surface area contributed by atoms with Crippen molar-refractivity contribution in [1.29, 1.82) is 0 Å². The molecule has 84 valence electrons. The second-order valence-electron chi connectivity index (χ2n) is 3.69. The monoisotopic (exact) mass is 207 g/mol. The lowest BCUT2D eigenvalue weighted by atomic mass is 10.2. The molecule has 0 aliphatic heterocycles. The van der Waals surface area contributed by atoms with Crippen molar-refractivity contribution in [2.45, 2.75) is 27.3 Å². The van der Waals surface area contributed by atoms with E-state index in [1.807, 2.05) is 13.2 Å². The standard InChI is InChI=1S/C12H21N3/c1-5-15(6-2)12-10(3)7-11(8-13-4)9-14-12/h7,9,13H,5-6,8H2,1-4H3. The van der Waals surface area contributed by atoms with E-state index in [2.05, 4.69) is 42.0 Å². The fourth-order valence-electron chi connectivity index (χ4n) is 1.78. The van der Waals surface area contributed by atoms with Crippen LogP contribution in [0.4, 0.5) is 5.82 Å². The Balaban J connectivity index is 2.91. The van der Waals surface area contributed by atoms with Gasteiger partial charge in [-0.05, 0) is 45.0 Å². The average molecular weight is 207 g/mol. The molecule has 0 aliphatic rings. The number of pyridine rings is 1. The Morgan fingerprint density at radius 1 is 1.33 bits per heavy atom. The third-order valence-electron chi connectivity index (χ3n) is 2.55. The predicted molar refractivity (Wildman–Crippen MR) is 65.3 cm³/mol.